The Labute approximate surface area is 91.9 Å². The molecular weight excluding hydrogens is 216 g/mol. The average Bonchev–Trinajstić information content (AvgIpc) is 2.63. The van der Waals surface area contributed by atoms with Crippen LogP contribution in [-0.4, -0.2) is 29.7 Å². The number of ether oxygens (including phenoxy) is 1. The van der Waals surface area contributed by atoms with Crippen molar-refractivity contribution in [3.05, 3.63) is 16.1 Å². The predicted octanol–water partition coefficient (Wildman–Crippen LogP) is 0.806. The lowest BCUT2D eigenvalue weighted by molar-refractivity contribution is -0.137. The van der Waals surface area contributed by atoms with Crippen molar-refractivity contribution in [2.24, 2.45) is 5.73 Å². The second-order valence-electron chi connectivity index (χ2n) is 3.13. The summed E-state index contributed by atoms with van der Waals surface area (Å²) in [6.45, 7) is 0.748. The average molecular weight is 230 g/mol. The van der Waals surface area contributed by atoms with Crippen LogP contribution in [-0.2, 0) is 16.1 Å². The summed E-state index contributed by atoms with van der Waals surface area (Å²) in [5, 5.41) is 11.4. The minimum atomic E-state index is -0.855. The molecule has 1 aromatic heterocycles. The molecule has 1 aromatic rings. The van der Waals surface area contributed by atoms with E-state index < -0.39 is 5.97 Å². The van der Waals surface area contributed by atoms with Crippen LogP contribution in [0.15, 0.2) is 5.38 Å². The molecule has 0 fully saturated rings. The molecule has 0 spiro atoms. The molecule has 0 saturated carbocycles. The fourth-order valence-electron chi connectivity index (χ4n) is 1.22. The third kappa shape index (κ3) is 3.58. The first-order valence-corrected chi connectivity index (χ1v) is 5.40. The number of nitrogens with two attached hydrogens (primary N) is 1. The highest BCUT2D eigenvalue weighted by Gasteiger charge is 2.16. The van der Waals surface area contributed by atoms with Crippen LogP contribution in [0, 0.1) is 0 Å². The standard InChI is InChI=1S/C9H14N2O3S/c1-14-4-8-11-7(5-15-8)6(3-10)2-9(12)13/h5-6H,2-4,10H2,1H3,(H,12,13). The van der Waals surface area contributed by atoms with Gasteiger partial charge in [0.2, 0.25) is 0 Å². The molecule has 0 aliphatic carbocycles. The monoisotopic (exact) mass is 230 g/mol. The predicted molar refractivity (Wildman–Crippen MR) is 56.9 cm³/mol. The van der Waals surface area contributed by atoms with Crippen molar-refractivity contribution < 1.29 is 14.6 Å². The third-order valence-electron chi connectivity index (χ3n) is 1.96. The number of aliphatic carboxylic acids is 1. The summed E-state index contributed by atoms with van der Waals surface area (Å²) in [5.74, 6) is -1.06. The molecule has 1 heterocycles. The zero-order valence-electron chi connectivity index (χ0n) is 8.47. The quantitative estimate of drug-likeness (QED) is 0.755. The Morgan fingerprint density at radius 3 is 3.07 bits per heavy atom. The van der Waals surface area contributed by atoms with Crippen molar-refractivity contribution in [1.82, 2.24) is 4.98 Å². The van der Waals surface area contributed by atoms with Crippen LogP contribution in [0.2, 0.25) is 0 Å². The highest BCUT2D eigenvalue weighted by atomic mass is 32.1. The molecule has 0 aliphatic heterocycles. The highest BCUT2D eigenvalue weighted by molar-refractivity contribution is 7.09. The molecule has 3 N–H and O–H groups in total. The second-order valence-corrected chi connectivity index (χ2v) is 4.07. The number of methoxy groups -OCH3 is 1. The number of hydrogen-bond acceptors (Lipinski definition) is 5. The zero-order chi connectivity index (χ0) is 11.3. The largest absolute Gasteiger partial charge is 0.481 e. The van der Waals surface area contributed by atoms with Crippen LogP contribution in [0.5, 0.6) is 0 Å². The Kier molecular flexibility index (Phi) is 4.67. The van der Waals surface area contributed by atoms with E-state index >= 15 is 0 Å². The maximum Gasteiger partial charge on any atom is 0.304 e. The number of nitrogens with zero attached hydrogens (tertiary/aromatic N) is 1. The maximum absolute atomic E-state index is 10.6. The van der Waals surface area contributed by atoms with Crippen molar-refractivity contribution in [2.45, 2.75) is 18.9 Å². The molecule has 6 heteroatoms. The second kappa shape index (κ2) is 5.79. The summed E-state index contributed by atoms with van der Waals surface area (Å²) in [7, 11) is 1.60. The van der Waals surface area contributed by atoms with Gasteiger partial charge in [0.05, 0.1) is 18.7 Å². The Morgan fingerprint density at radius 2 is 2.53 bits per heavy atom. The minimum absolute atomic E-state index is 0.0205. The Hall–Kier alpha value is -0.980. The lowest BCUT2D eigenvalue weighted by Gasteiger charge is -2.08. The molecule has 15 heavy (non-hydrogen) atoms. The summed E-state index contributed by atoms with van der Waals surface area (Å²) in [6.07, 6.45) is 0.0205. The van der Waals surface area contributed by atoms with E-state index in [1.54, 1.807) is 7.11 Å². The molecular formula is C9H14N2O3S. The van der Waals surface area contributed by atoms with Crippen LogP contribution in [0.25, 0.3) is 0 Å². The van der Waals surface area contributed by atoms with Gasteiger partial charge in [0.1, 0.15) is 5.01 Å². The van der Waals surface area contributed by atoms with E-state index in [1.807, 2.05) is 5.38 Å². The SMILES string of the molecule is COCc1nc(C(CN)CC(=O)O)cs1. The van der Waals surface area contributed by atoms with Crippen LogP contribution in [0.1, 0.15) is 23.0 Å². The first-order valence-electron chi connectivity index (χ1n) is 4.52. The van der Waals surface area contributed by atoms with Crippen LogP contribution in [0.4, 0.5) is 0 Å². The topological polar surface area (TPSA) is 85.4 Å². The lowest BCUT2D eigenvalue weighted by Crippen LogP contribution is -2.16. The van der Waals surface area contributed by atoms with Crippen LogP contribution < -0.4 is 5.73 Å². The van der Waals surface area contributed by atoms with E-state index in [-0.39, 0.29) is 12.3 Å². The van der Waals surface area contributed by atoms with Gasteiger partial charge in [-0.3, -0.25) is 4.79 Å². The Morgan fingerprint density at radius 1 is 1.80 bits per heavy atom. The Bertz CT molecular complexity index is 327. The Balaban J connectivity index is 2.69. The van der Waals surface area contributed by atoms with Crippen LogP contribution in [0.3, 0.4) is 0 Å². The molecule has 0 aliphatic rings. The van der Waals surface area contributed by atoms with Gasteiger partial charge in [-0.15, -0.1) is 11.3 Å². The van der Waals surface area contributed by atoms with E-state index in [1.165, 1.54) is 11.3 Å². The first-order chi connectivity index (χ1) is 7.17. The highest BCUT2D eigenvalue weighted by Crippen LogP contribution is 2.21. The number of carboxylic acid groups (broad SMARTS) is 1. The van der Waals surface area contributed by atoms with Crippen molar-refractivity contribution in [3.8, 4) is 0 Å². The normalized spacial score (nSPS) is 12.7. The lowest BCUT2D eigenvalue weighted by atomic mass is 10.0. The van der Waals surface area contributed by atoms with Gasteiger partial charge in [-0.1, -0.05) is 0 Å². The molecule has 84 valence electrons. The van der Waals surface area contributed by atoms with E-state index in [4.69, 9.17) is 15.6 Å². The van der Waals surface area contributed by atoms with Crippen molar-refractivity contribution in [3.63, 3.8) is 0 Å². The van der Waals surface area contributed by atoms with Gasteiger partial charge >= 0.3 is 5.97 Å². The van der Waals surface area contributed by atoms with Gasteiger partial charge in [-0.05, 0) is 0 Å². The number of carbonyl (C=O) groups is 1. The molecule has 0 bridgehead atoms. The zero-order valence-corrected chi connectivity index (χ0v) is 9.29. The van der Waals surface area contributed by atoms with Gasteiger partial charge in [0, 0.05) is 25.0 Å². The molecule has 5 nitrogen and oxygen atoms in total. The summed E-state index contributed by atoms with van der Waals surface area (Å²) in [6, 6.07) is 0. The molecule has 1 atom stereocenters. The third-order valence-corrected chi connectivity index (χ3v) is 2.80. The number of carboxylic acids is 1. The summed E-state index contributed by atoms with van der Waals surface area (Å²) in [4.78, 5) is 14.8. The summed E-state index contributed by atoms with van der Waals surface area (Å²) in [5.41, 5.74) is 6.25. The number of aromatic nitrogens is 1. The smallest absolute Gasteiger partial charge is 0.304 e. The van der Waals surface area contributed by atoms with E-state index in [0.717, 1.165) is 10.7 Å². The molecule has 0 aromatic carbocycles. The summed E-state index contributed by atoms with van der Waals surface area (Å²) >= 11 is 1.46. The van der Waals surface area contributed by atoms with Gasteiger partial charge in [0.25, 0.3) is 0 Å². The van der Waals surface area contributed by atoms with Crippen molar-refractivity contribution in [2.75, 3.05) is 13.7 Å². The van der Waals surface area contributed by atoms with Gasteiger partial charge < -0.3 is 15.6 Å². The minimum Gasteiger partial charge on any atom is -0.481 e. The van der Waals surface area contributed by atoms with Crippen molar-refractivity contribution >= 4 is 17.3 Å². The molecule has 0 radical (unpaired) electrons. The molecule has 0 saturated heterocycles. The maximum atomic E-state index is 10.6. The summed E-state index contributed by atoms with van der Waals surface area (Å²) < 4.78 is 4.94. The van der Waals surface area contributed by atoms with Gasteiger partial charge in [-0.2, -0.15) is 0 Å². The molecule has 1 unspecified atom stereocenters. The van der Waals surface area contributed by atoms with E-state index in [9.17, 15) is 4.79 Å². The van der Waals surface area contributed by atoms with E-state index in [2.05, 4.69) is 4.98 Å². The molecule has 0 amide bonds. The number of rotatable bonds is 6. The van der Waals surface area contributed by atoms with Gasteiger partial charge in [0.15, 0.2) is 0 Å². The fourth-order valence-corrected chi connectivity index (χ4v) is 2.07. The molecule has 1 rings (SSSR count). The van der Waals surface area contributed by atoms with Crippen molar-refractivity contribution in [1.29, 1.82) is 0 Å². The fraction of sp³-hybridized carbons (Fsp3) is 0.556. The van der Waals surface area contributed by atoms with E-state index in [0.29, 0.717) is 13.2 Å². The number of hydrogen-bond donors (Lipinski definition) is 2. The van der Waals surface area contributed by atoms with Crippen LogP contribution >= 0.6 is 11.3 Å². The number of thiazole rings is 1. The van der Waals surface area contributed by atoms with Gasteiger partial charge in [-0.25, -0.2) is 4.98 Å². The first kappa shape index (κ1) is 12.1.